The lowest BCUT2D eigenvalue weighted by Crippen LogP contribution is -1.92. The van der Waals surface area contributed by atoms with Gasteiger partial charge in [-0.2, -0.15) is 5.26 Å². The first-order chi connectivity index (χ1) is 10.7. The van der Waals surface area contributed by atoms with Crippen LogP contribution in [0.4, 0.5) is 0 Å². The maximum atomic E-state index is 9.38. The number of hydrogen-bond acceptors (Lipinski definition) is 4. The second kappa shape index (κ2) is 6.14. The van der Waals surface area contributed by atoms with Crippen molar-refractivity contribution in [1.82, 2.24) is 4.98 Å². The lowest BCUT2D eigenvalue weighted by atomic mass is 10.0. The number of aromatic nitrogens is 1. The van der Waals surface area contributed by atoms with Crippen molar-refractivity contribution in [1.29, 1.82) is 5.26 Å². The summed E-state index contributed by atoms with van der Waals surface area (Å²) in [5.74, 6) is 0.800. The Bertz CT molecular complexity index is 888. The second-order valence-corrected chi connectivity index (χ2v) is 5.97. The van der Waals surface area contributed by atoms with E-state index in [1.807, 2.05) is 47.8 Å². The predicted molar refractivity (Wildman–Crippen MR) is 91.6 cm³/mol. The van der Waals surface area contributed by atoms with E-state index < -0.39 is 0 Å². The molecule has 5 heteroatoms. The largest absolute Gasteiger partial charge is 0.497 e. The van der Waals surface area contributed by atoms with Gasteiger partial charge in [0.15, 0.2) is 0 Å². The molecule has 0 aliphatic heterocycles. The third-order valence-corrected chi connectivity index (χ3v) is 4.54. The average Bonchev–Trinajstić information content (AvgIpc) is 3.08. The van der Waals surface area contributed by atoms with Gasteiger partial charge in [0.05, 0.1) is 12.7 Å². The summed E-state index contributed by atoms with van der Waals surface area (Å²) < 4.78 is 5.63. The molecule has 3 aromatic rings. The van der Waals surface area contributed by atoms with E-state index in [0.29, 0.717) is 10.2 Å². The van der Waals surface area contributed by atoms with Crippen LogP contribution in [0.5, 0.6) is 5.75 Å². The number of H-pyrrole nitrogens is 1. The molecule has 0 atom stereocenters. The molecule has 2 aromatic heterocycles. The van der Waals surface area contributed by atoms with Gasteiger partial charge < -0.3 is 9.72 Å². The zero-order valence-electron chi connectivity index (χ0n) is 11.8. The van der Waals surface area contributed by atoms with E-state index in [1.165, 1.54) is 0 Å². The number of nitriles is 1. The van der Waals surface area contributed by atoms with Crippen LogP contribution in [0.1, 0.15) is 5.56 Å². The molecule has 0 aliphatic rings. The van der Waals surface area contributed by atoms with Crippen molar-refractivity contribution in [2.24, 2.45) is 0 Å². The van der Waals surface area contributed by atoms with Crippen molar-refractivity contribution in [2.75, 3.05) is 7.11 Å². The lowest BCUT2D eigenvalue weighted by Gasteiger charge is -2.08. The van der Waals surface area contributed by atoms with Crippen molar-refractivity contribution < 1.29 is 4.74 Å². The number of nitrogens with zero attached hydrogens (tertiary/aromatic N) is 1. The quantitative estimate of drug-likeness (QED) is 0.688. The molecule has 22 heavy (non-hydrogen) atoms. The fourth-order valence-corrected chi connectivity index (χ4v) is 3.24. The van der Waals surface area contributed by atoms with Gasteiger partial charge in [-0.3, -0.25) is 0 Å². The minimum atomic E-state index is 0.458. The summed E-state index contributed by atoms with van der Waals surface area (Å²) >= 11 is 6.94. The van der Waals surface area contributed by atoms with Gasteiger partial charge in [-0.15, -0.1) is 11.3 Å². The highest BCUT2D eigenvalue weighted by Crippen LogP contribution is 2.32. The summed E-state index contributed by atoms with van der Waals surface area (Å²) in [6, 6.07) is 15.9. The van der Waals surface area contributed by atoms with E-state index >= 15 is 0 Å². The Hall–Kier alpha value is -2.42. The molecule has 0 spiro atoms. The van der Waals surface area contributed by atoms with E-state index in [9.17, 15) is 5.26 Å². The van der Waals surface area contributed by atoms with Crippen LogP contribution in [0.25, 0.3) is 21.7 Å². The molecule has 108 valence electrons. The van der Waals surface area contributed by atoms with E-state index in [1.54, 1.807) is 18.4 Å². The highest BCUT2D eigenvalue weighted by Gasteiger charge is 2.11. The molecule has 0 fully saturated rings. The minimum absolute atomic E-state index is 0.458. The smallest absolute Gasteiger partial charge is 0.122 e. The Morgan fingerprint density at radius 3 is 2.59 bits per heavy atom. The number of pyridine rings is 1. The molecule has 0 saturated carbocycles. The first-order valence-corrected chi connectivity index (χ1v) is 7.87. The first kappa shape index (κ1) is 14.5. The van der Waals surface area contributed by atoms with E-state index in [0.717, 1.165) is 27.4 Å². The monoisotopic (exact) mass is 324 g/mol. The Balaban J connectivity index is 2.18. The summed E-state index contributed by atoms with van der Waals surface area (Å²) in [5, 5.41) is 11.4. The number of hydrogen-bond donors (Lipinski definition) is 1. The average molecular weight is 324 g/mol. The zero-order chi connectivity index (χ0) is 15.5. The van der Waals surface area contributed by atoms with Crippen molar-refractivity contribution in [3.05, 3.63) is 58.0 Å². The van der Waals surface area contributed by atoms with Crippen molar-refractivity contribution in [3.8, 4) is 33.5 Å². The van der Waals surface area contributed by atoms with E-state index in [4.69, 9.17) is 17.0 Å². The maximum absolute atomic E-state index is 9.38. The molecule has 0 saturated heterocycles. The van der Waals surface area contributed by atoms with Gasteiger partial charge in [0.1, 0.15) is 16.5 Å². The summed E-state index contributed by atoms with van der Waals surface area (Å²) in [5.41, 5.74) is 3.26. The van der Waals surface area contributed by atoms with Crippen LogP contribution >= 0.6 is 23.6 Å². The highest BCUT2D eigenvalue weighted by atomic mass is 32.1. The lowest BCUT2D eigenvalue weighted by molar-refractivity contribution is 0.415. The van der Waals surface area contributed by atoms with Gasteiger partial charge in [-0.05, 0) is 47.3 Å². The Morgan fingerprint density at radius 1 is 1.23 bits per heavy atom. The summed E-state index contributed by atoms with van der Waals surface area (Å²) in [6.45, 7) is 0. The van der Waals surface area contributed by atoms with E-state index in [-0.39, 0.29) is 0 Å². The standard InChI is InChI=1S/C17H12N2OS2/c1-20-12-6-4-11(5-7-12)15-9-13(16-3-2-8-22-16)14(10-18)17(21)19-15/h2-9H,1H3,(H,19,21). The van der Waals surface area contributed by atoms with E-state index in [2.05, 4.69) is 11.1 Å². The number of aromatic amines is 1. The molecule has 3 rings (SSSR count). The van der Waals surface area contributed by atoms with Gasteiger partial charge in [0, 0.05) is 16.1 Å². The molecule has 0 radical (unpaired) electrons. The van der Waals surface area contributed by atoms with Crippen LogP contribution < -0.4 is 4.74 Å². The third kappa shape index (κ3) is 2.67. The fraction of sp³-hybridized carbons (Fsp3) is 0.0588. The number of rotatable bonds is 3. The van der Waals surface area contributed by atoms with Crippen LogP contribution in [0.3, 0.4) is 0 Å². The minimum Gasteiger partial charge on any atom is -0.497 e. The number of nitrogens with one attached hydrogen (secondary N) is 1. The number of ether oxygens (including phenoxy) is 1. The Kier molecular flexibility index (Phi) is 4.05. The maximum Gasteiger partial charge on any atom is 0.122 e. The number of thiophene rings is 1. The molecule has 1 N–H and O–H groups in total. The molecule has 2 heterocycles. The second-order valence-electron chi connectivity index (χ2n) is 4.62. The SMILES string of the molecule is COc1ccc(-c2cc(-c3cccs3)c(C#N)c(=S)[nH]2)cc1. The van der Waals surface area contributed by atoms with Crippen LogP contribution in [0.15, 0.2) is 47.8 Å². The molecule has 0 unspecified atom stereocenters. The van der Waals surface area contributed by atoms with Gasteiger partial charge in [0.2, 0.25) is 0 Å². The summed E-state index contributed by atoms with van der Waals surface area (Å²) in [4.78, 5) is 4.17. The van der Waals surface area contributed by atoms with Gasteiger partial charge in [0.25, 0.3) is 0 Å². The van der Waals surface area contributed by atoms with Crippen molar-refractivity contribution in [3.63, 3.8) is 0 Å². The normalized spacial score (nSPS) is 10.2. The third-order valence-electron chi connectivity index (χ3n) is 3.33. The molecular weight excluding hydrogens is 312 g/mol. The number of methoxy groups -OCH3 is 1. The molecule has 0 bridgehead atoms. The molecular formula is C17H12N2OS2. The molecule has 0 aliphatic carbocycles. The molecule has 3 nitrogen and oxygen atoms in total. The zero-order valence-corrected chi connectivity index (χ0v) is 13.4. The fourth-order valence-electron chi connectivity index (χ4n) is 2.22. The molecule has 1 aromatic carbocycles. The van der Waals surface area contributed by atoms with Crippen molar-refractivity contribution >= 4 is 23.6 Å². The van der Waals surface area contributed by atoms with Crippen LogP contribution in [0, 0.1) is 16.0 Å². The molecule has 0 amide bonds. The summed E-state index contributed by atoms with van der Waals surface area (Å²) in [6.07, 6.45) is 0. The van der Waals surface area contributed by atoms with Crippen LogP contribution in [-0.2, 0) is 0 Å². The van der Waals surface area contributed by atoms with Gasteiger partial charge in [-0.1, -0.05) is 18.3 Å². The summed E-state index contributed by atoms with van der Waals surface area (Å²) in [7, 11) is 1.64. The Labute approximate surface area is 137 Å². The van der Waals surface area contributed by atoms with Gasteiger partial charge in [-0.25, -0.2) is 0 Å². The topological polar surface area (TPSA) is 48.8 Å². The first-order valence-electron chi connectivity index (χ1n) is 6.58. The van der Waals surface area contributed by atoms with Gasteiger partial charge >= 0.3 is 0 Å². The highest BCUT2D eigenvalue weighted by molar-refractivity contribution is 7.71. The Morgan fingerprint density at radius 2 is 2.00 bits per heavy atom. The predicted octanol–water partition coefficient (Wildman–Crippen LogP) is 5.02. The number of benzene rings is 1. The van der Waals surface area contributed by atoms with Crippen LogP contribution in [-0.4, -0.2) is 12.1 Å². The van der Waals surface area contributed by atoms with Crippen molar-refractivity contribution in [2.45, 2.75) is 0 Å². The van der Waals surface area contributed by atoms with Crippen LogP contribution in [0.2, 0.25) is 0 Å².